The molecule has 2 aromatic carbocycles. The van der Waals surface area contributed by atoms with Gasteiger partial charge >= 0.3 is 0 Å². The lowest BCUT2D eigenvalue weighted by atomic mass is 10.0. The number of nitrogens with zero attached hydrogens (tertiary/aromatic N) is 1. The third kappa shape index (κ3) is 3.05. The second-order valence-corrected chi connectivity index (χ2v) is 7.61. The molecule has 6 nitrogen and oxygen atoms in total. The summed E-state index contributed by atoms with van der Waals surface area (Å²) in [7, 11) is 1.61. The van der Waals surface area contributed by atoms with Crippen LogP contribution in [0.25, 0.3) is 33.4 Å². The van der Waals surface area contributed by atoms with Crippen molar-refractivity contribution in [1.82, 2.24) is 10.3 Å². The van der Waals surface area contributed by atoms with Crippen molar-refractivity contribution in [2.75, 3.05) is 7.11 Å². The molecule has 1 amide bonds. The summed E-state index contributed by atoms with van der Waals surface area (Å²) in [6, 6.07) is 9.98. The molecule has 0 spiro atoms. The second-order valence-electron chi connectivity index (χ2n) is 7.61. The number of carbonyl (C=O) groups excluding carboxylic acids is 1. The van der Waals surface area contributed by atoms with Crippen LogP contribution < -0.4 is 10.1 Å². The molecule has 29 heavy (non-hydrogen) atoms. The molecule has 4 aromatic rings. The molecular formula is C23H22N2O4. The smallest absolute Gasteiger partial charge is 0.273 e. The maximum absolute atomic E-state index is 12.5. The van der Waals surface area contributed by atoms with Crippen molar-refractivity contribution in [1.29, 1.82) is 0 Å². The summed E-state index contributed by atoms with van der Waals surface area (Å²) in [6.07, 6.45) is 5.78. The SMILES string of the molecule is COc1ccc(-c2nc(C(=O)NC3CCCC3)co2)c2c1oc1ccc(C)cc12. The van der Waals surface area contributed by atoms with Gasteiger partial charge in [-0.25, -0.2) is 4.98 Å². The van der Waals surface area contributed by atoms with Gasteiger partial charge in [0.25, 0.3) is 5.91 Å². The number of ether oxygens (including phenoxy) is 1. The molecule has 1 N–H and O–H groups in total. The summed E-state index contributed by atoms with van der Waals surface area (Å²) in [5.41, 5.74) is 3.59. The van der Waals surface area contributed by atoms with Gasteiger partial charge in [-0.05, 0) is 44.0 Å². The summed E-state index contributed by atoms with van der Waals surface area (Å²) < 4.78 is 17.3. The maximum Gasteiger partial charge on any atom is 0.273 e. The first-order valence-electron chi connectivity index (χ1n) is 9.90. The fourth-order valence-electron chi connectivity index (χ4n) is 4.14. The molecule has 1 aliphatic carbocycles. The lowest BCUT2D eigenvalue weighted by Gasteiger charge is -2.09. The van der Waals surface area contributed by atoms with Crippen LogP contribution in [0.3, 0.4) is 0 Å². The average Bonchev–Trinajstić information content (AvgIpc) is 3.46. The maximum atomic E-state index is 12.5. The molecule has 2 heterocycles. The van der Waals surface area contributed by atoms with E-state index in [0.29, 0.717) is 22.9 Å². The number of hydrogen-bond acceptors (Lipinski definition) is 5. The summed E-state index contributed by atoms with van der Waals surface area (Å²) in [4.78, 5) is 17.0. The Morgan fingerprint density at radius 2 is 2.03 bits per heavy atom. The number of aromatic nitrogens is 1. The monoisotopic (exact) mass is 390 g/mol. The van der Waals surface area contributed by atoms with Gasteiger partial charge < -0.3 is 18.9 Å². The Kier molecular flexibility index (Phi) is 4.27. The highest BCUT2D eigenvalue weighted by Crippen LogP contribution is 2.41. The van der Waals surface area contributed by atoms with E-state index in [9.17, 15) is 4.79 Å². The number of hydrogen-bond donors (Lipinski definition) is 1. The first-order valence-corrected chi connectivity index (χ1v) is 9.90. The number of furan rings is 1. The number of aryl methyl sites for hydroxylation is 1. The van der Waals surface area contributed by atoms with Crippen LogP contribution in [0.15, 0.2) is 45.4 Å². The Morgan fingerprint density at radius 3 is 2.83 bits per heavy atom. The van der Waals surface area contributed by atoms with E-state index in [-0.39, 0.29) is 11.9 Å². The van der Waals surface area contributed by atoms with Crippen LogP contribution >= 0.6 is 0 Å². The van der Waals surface area contributed by atoms with Gasteiger partial charge in [0.05, 0.1) is 7.11 Å². The van der Waals surface area contributed by atoms with Gasteiger partial charge in [0, 0.05) is 22.4 Å². The van der Waals surface area contributed by atoms with E-state index in [4.69, 9.17) is 13.6 Å². The summed E-state index contributed by atoms with van der Waals surface area (Å²) >= 11 is 0. The van der Waals surface area contributed by atoms with Crippen LogP contribution in [0, 0.1) is 6.92 Å². The predicted molar refractivity (Wildman–Crippen MR) is 110 cm³/mol. The van der Waals surface area contributed by atoms with E-state index in [1.54, 1.807) is 7.11 Å². The fourth-order valence-corrected chi connectivity index (χ4v) is 4.14. The third-order valence-electron chi connectivity index (χ3n) is 5.62. The van der Waals surface area contributed by atoms with Crippen LogP contribution in [0.1, 0.15) is 41.7 Å². The van der Waals surface area contributed by atoms with Crippen molar-refractivity contribution >= 4 is 27.8 Å². The molecule has 148 valence electrons. The summed E-state index contributed by atoms with van der Waals surface area (Å²) in [5.74, 6) is 0.839. The van der Waals surface area contributed by atoms with Crippen LogP contribution in [-0.2, 0) is 0 Å². The normalized spacial score (nSPS) is 14.7. The number of nitrogens with one attached hydrogen (secondary N) is 1. The number of rotatable bonds is 4. The average molecular weight is 390 g/mol. The van der Waals surface area contributed by atoms with Crippen LogP contribution in [-0.4, -0.2) is 24.0 Å². The van der Waals surface area contributed by atoms with Crippen molar-refractivity contribution < 1.29 is 18.4 Å². The minimum atomic E-state index is -0.190. The Labute approximate surface area is 167 Å². The molecule has 0 saturated heterocycles. The fraction of sp³-hybridized carbons (Fsp3) is 0.304. The quantitative estimate of drug-likeness (QED) is 0.516. The Bertz CT molecular complexity index is 1210. The Morgan fingerprint density at radius 1 is 1.21 bits per heavy atom. The Hall–Kier alpha value is -3.28. The van der Waals surface area contributed by atoms with Gasteiger partial charge in [-0.15, -0.1) is 0 Å². The highest BCUT2D eigenvalue weighted by molar-refractivity contribution is 6.13. The van der Waals surface area contributed by atoms with Gasteiger partial charge in [-0.2, -0.15) is 0 Å². The highest BCUT2D eigenvalue weighted by Gasteiger charge is 2.23. The van der Waals surface area contributed by atoms with Crippen molar-refractivity contribution in [3.05, 3.63) is 47.9 Å². The summed E-state index contributed by atoms with van der Waals surface area (Å²) in [6.45, 7) is 2.04. The van der Waals surface area contributed by atoms with Crippen molar-refractivity contribution in [3.63, 3.8) is 0 Å². The minimum absolute atomic E-state index is 0.190. The molecule has 0 bridgehead atoms. The van der Waals surface area contributed by atoms with Crippen LogP contribution in [0.5, 0.6) is 5.75 Å². The molecule has 0 unspecified atom stereocenters. The van der Waals surface area contributed by atoms with Gasteiger partial charge in [0.15, 0.2) is 17.0 Å². The van der Waals surface area contributed by atoms with E-state index < -0.39 is 0 Å². The topological polar surface area (TPSA) is 77.5 Å². The molecule has 1 fully saturated rings. The zero-order valence-corrected chi connectivity index (χ0v) is 16.5. The molecule has 2 aromatic heterocycles. The van der Waals surface area contributed by atoms with Gasteiger partial charge in [-0.1, -0.05) is 24.5 Å². The molecule has 0 aliphatic heterocycles. The molecular weight excluding hydrogens is 368 g/mol. The molecule has 0 atom stereocenters. The second kappa shape index (κ2) is 6.95. The van der Waals surface area contributed by atoms with Crippen LogP contribution in [0.4, 0.5) is 0 Å². The van der Waals surface area contributed by atoms with Gasteiger partial charge in [-0.3, -0.25) is 4.79 Å². The van der Waals surface area contributed by atoms with E-state index in [0.717, 1.165) is 53.2 Å². The minimum Gasteiger partial charge on any atom is -0.493 e. The van der Waals surface area contributed by atoms with E-state index in [1.807, 2.05) is 31.2 Å². The number of benzene rings is 2. The molecule has 6 heteroatoms. The standard InChI is InChI=1S/C23H22N2O4/c1-13-7-9-18-16(11-13)20-15(8-10-19(27-2)21(20)29-18)23-25-17(12-28-23)22(26)24-14-5-3-4-6-14/h7-12,14H,3-6H2,1-2H3,(H,24,26). The largest absolute Gasteiger partial charge is 0.493 e. The number of fused-ring (bicyclic) bond motifs is 3. The van der Waals surface area contributed by atoms with Crippen LogP contribution in [0.2, 0.25) is 0 Å². The van der Waals surface area contributed by atoms with Crippen molar-refractivity contribution in [2.24, 2.45) is 0 Å². The molecule has 1 saturated carbocycles. The van der Waals surface area contributed by atoms with Crippen molar-refractivity contribution in [3.8, 4) is 17.2 Å². The zero-order chi connectivity index (χ0) is 20.0. The van der Waals surface area contributed by atoms with E-state index in [1.165, 1.54) is 6.26 Å². The van der Waals surface area contributed by atoms with E-state index in [2.05, 4.69) is 16.4 Å². The zero-order valence-electron chi connectivity index (χ0n) is 16.5. The van der Waals surface area contributed by atoms with Gasteiger partial charge in [0.2, 0.25) is 5.89 Å². The molecule has 1 aliphatic rings. The van der Waals surface area contributed by atoms with Gasteiger partial charge in [0.1, 0.15) is 11.8 Å². The predicted octanol–water partition coefficient (Wildman–Crippen LogP) is 5.23. The molecule has 0 radical (unpaired) electrons. The number of oxazole rings is 1. The first-order chi connectivity index (χ1) is 14.1. The summed E-state index contributed by atoms with van der Waals surface area (Å²) in [5, 5.41) is 4.88. The first kappa shape index (κ1) is 17.8. The third-order valence-corrected chi connectivity index (χ3v) is 5.62. The molecule has 5 rings (SSSR count). The lowest BCUT2D eigenvalue weighted by molar-refractivity contribution is 0.0933. The number of methoxy groups -OCH3 is 1. The van der Waals surface area contributed by atoms with E-state index >= 15 is 0 Å². The lowest BCUT2D eigenvalue weighted by Crippen LogP contribution is -2.32. The highest BCUT2D eigenvalue weighted by atomic mass is 16.5. The number of amides is 1. The van der Waals surface area contributed by atoms with Crippen molar-refractivity contribution in [2.45, 2.75) is 38.6 Å². The number of carbonyl (C=O) groups is 1. The Balaban J connectivity index is 1.60.